The van der Waals surface area contributed by atoms with Crippen molar-refractivity contribution in [1.29, 1.82) is 0 Å². The normalized spacial score (nSPS) is 12.0. The number of ether oxygens (including phenoxy) is 2. The Morgan fingerprint density at radius 2 is 1.63 bits per heavy atom. The van der Waals surface area contributed by atoms with Gasteiger partial charge in [0.25, 0.3) is 5.89 Å². The number of carbonyl (C=O) groups excluding carboxylic acids is 1. The lowest BCUT2D eigenvalue weighted by atomic mass is 10.1. The van der Waals surface area contributed by atoms with Crippen molar-refractivity contribution in [2.45, 2.75) is 39.9 Å². The third-order valence-corrected chi connectivity index (χ3v) is 3.83. The molecule has 0 aliphatic heterocycles. The van der Waals surface area contributed by atoms with Gasteiger partial charge in [0.1, 0.15) is 5.75 Å². The minimum Gasteiger partial charge on any atom is -0.491 e. The van der Waals surface area contributed by atoms with Crippen LogP contribution in [0, 0.1) is 6.92 Å². The summed E-state index contributed by atoms with van der Waals surface area (Å²) in [7, 11) is 0. The van der Waals surface area contributed by atoms with E-state index in [0.717, 1.165) is 11.1 Å². The maximum atomic E-state index is 12.3. The van der Waals surface area contributed by atoms with Crippen LogP contribution in [-0.2, 0) is 4.74 Å². The fraction of sp³-hybridized carbons (Fsp3) is 0.286. The Labute approximate surface area is 158 Å². The molecule has 2 aromatic carbocycles. The summed E-state index contributed by atoms with van der Waals surface area (Å²) in [6.45, 7) is 7.59. The molecule has 1 aromatic heterocycles. The van der Waals surface area contributed by atoms with Crippen LogP contribution in [0.5, 0.6) is 5.75 Å². The van der Waals surface area contributed by atoms with E-state index in [9.17, 15) is 4.79 Å². The van der Waals surface area contributed by atoms with E-state index in [-0.39, 0.29) is 12.0 Å². The summed E-state index contributed by atoms with van der Waals surface area (Å²) in [4.78, 5) is 12.3. The summed E-state index contributed by atoms with van der Waals surface area (Å²) in [6.07, 6.45) is -0.584. The van der Waals surface area contributed by atoms with Gasteiger partial charge in [0.15, 0.2) is 6.10 Å². The fourth-order valence-electron chi connectivity index (χ4n) is 2.43. The average Bonchev–Trinajstić information content (AvgIpc) is 3.12. The Morgan fingerprint density at radius 3 is 2.26 bits per heavy atom. The molecular weight excluding hydrogens is 344 g/mol. The van der Waals surface area contributed by atoms with Crippen LogP contribution in [0.15, 0.2) is 52.9 Å². The van der Waals surface area contributed by atoms with Crippen molar-refractivity contribution < 1.29 is 18.7 Å². The average molecular weight is 366 g/mol. The predicted octanol–water partition coefficient (Wildman–Crippen LogP) is 4.75. The van der Waals surface area contributed by atoms with Gasteiger partial charge < -0.3 is 13.9 Å². The lowest BCUT2D eigenvalue weighted by Gasteiger charge is -2.11. The molecule has 0 radical (unpaired) electrons. The van der Waals surface area contributed by atoms with Gasteiger partial charge in [-0.3, -0.25) is 0 Å². The SMILES string of the molecule is Cc1ccc(-c2nnc([C@H](C)OC(=O)c3ccc(OC(C)C)cc3)o2)cc1. The second-order valence-electron chi connectivity index (χ2n) is 6.55. The summed E-state index contributed by atoms with van der Waals surface area (Å²) >= 11 is 0. The summed E-state index contributed by atoms with van der Waals surface area (Å²) in [5, 5.41) is 8.03. The van der Waals surface area contributed by atoms with Gasteiger partial charge in [0, 0.05) is 5.56 Å². The fourth-order valence-corrected chi connectivity index (χ4v) is 2.43. The van der Waals surface area contributed by atoms with Crippen LogP contribution in [0.4, 0.5) is 0 Å². The molecule has 0 unspecified atom stereocenters. The second kappa shape index (κ2) is 8.03. The van der Waals surface area contributed by atoms with Crippen molar-refractivity contribution in [3.8, 4) is 17.2 Å². The van der Waals surface area contributed by atoms with Gasteiger partial charge in [-0.25, -0.2) is 4.79 Å². The first-order valence-corrected chi connectivity index (χ1v) is 8.80. The van der Waals surface area contributed by atoms with Gasteiger partial charge in [-0.05, 0) is 64.1 Å². The molecule has 6 nitrogen and oxygen atoms in total. The minimum atomic E-state index is -0.657. The highest BCUT2D eigenvalue weighted by Gasteiger charge is 2.20. The van der Waals surface area contributed by atoms with Crippen molar-refractivity contribution in [1.82, 2.24) is 10.2 Å². The van der Waals surface area contributed by atoms with Crippen LogP contribution < -0.4 is 4.74 Å². The summed E-state index contributed by atoms with van der Waals surface area (Å²) in [6, 6.07) is 14.6. The maximum Gasteiger partial charge on any atom is 0.338 e. The van der Waals surface area contributed by atoms with Crippen molar-refractivity contribution in [3.05, 3.63) is 65.5 Å². The van der Waals surface area contributed by atoms with Crippen molar-refractivity contribution >= 4 is 5.97 Å². The lowest BCUT2D eigenvalue weighted by molar-refractivity contribution is 0.0280. The van der Waals surface area contributed by atoms with Crippen molar-refractivity contribution in [2.24, 2.45) is 0 Å². The molecule has 3 rings (SSSR count). The van der Waals surface area contributed by atoms with Crippen molar-refractivity contribution in [3.63, 3.8) is 0 Å². The van der Waals surface area contributed by atoms with E-state index in [2.05, 4.69) is 10.2 Å². The molecule has 0 amide bonds. The van der Waals surface area contributed by atoms with Gasteiger partial charge in [-0.1, -0.05) is 17.7 Å². The predicted molar refractivity (Wildman–Crippen MR) is 101 cm³/mol. The molecule has 0 bridgehead atoms. The largest absolute Gasteiger partial charge is 0.491 e. The van der Waals surface area contributed by atoms with Crippen molar-refractivity contribution in [2.75, 3.05) is 0 Å². The second-order valence-corrected chi connectivity index (χ2v) is 6.55. The number of nitrogens with zero attached hydrogens (tertiary/aromatic N) is 2. The topological polar surface area (TPSA) is 74.5 Å². The van der Waals surface area contributed by atoms with Crippen LogP contribution in [-0.4, -0.2) is 22.3 Å². The molecule has 140 valence electrons. The van der Waals surface area contributed by atoms with E-state index in [1.54, 1.807) is 31.2 Å². The molecule has 0 saturated carbocycles. The highest BCUT2D eigenvalue weighted by molar-refractivity contribution is 5.89. The summed E-state index contributed by atoms with van der Waals surface area (Å²) < 4.78 is 16.7. The number of benzene rings is 2. The van der Waals surface area contributed by atoms with Gasteiger partial charge in [-0.15, -0.1) is 10.2 Å². The third kappa shape index (κ3) is 4.73. The molecule has 0 aliphatic rings. The van der Waals surface area contributed by atoms with E-state index >= 15 is 0 Å². The molecule has 0 saturated heterocycles. The zero-order chi connectivity index (χ0) is 19.4. The summed E-state index contributed by atoms with van der Waals surface area (Å²) in [5.74, 6) is 0.879. The zero-order valence-corrected chi connectivity index (χ0v) is 15.8. The van der Waals surface area contributed by atoms with E-state index in [1.165, 1.54) is 0 Å². The molecule has 1 atom stereocenters. The Morgan fingerprint density at radius 1 is 0.963 bits per heavy atom. The van der Waals surface area contributed by atoms with Crippen LogP contribution in [0.2, 0.25) is 0 Å². The van der Waals surface area contributed by atoms with E-state index in [0.29, 0.717) is 17.2 Å². The molecule has 0 N–H and O–H groups in total. The third-order valence-electron chi connectivity index (χ3n) is 3.83. The molecule has 6 heteroatoms. The first kappa shape index (κ1) is 18.6. The highest BCUT2D eigenvalue weighted by Crippen LogP contribution is 2.24. The Kier molecular flexibility index (Phi) is 5.54. The first-order chi connectivity index (χ1) is 12.9. The molecule has 1 heterocycles. The Bertz CT molecular complexity index is 899. The van der Waals surface area contributed by atoms with Crippen LogP contribution in [0.3, 0.4) is 0 Å². The monoisotopic (exact) mass is 366 g/mol. The summed E-state index contributed by atoms with van der Waals surface area (Å²) in [5.41, 5.74) is 2.39. The number of hydrogen-bond acceptors (Lipinski definition) is 6. The van der Waals surface area contributed by atoms with Gasteiger partial charge in [-0.2, -0.15) is 0 Å². The smallest absolute Gasteiger partial charge is 0.338 e. The molecule has 27 heavy (non-hydrogen) atoms. The van der Waals surface area contributed by atoms with Crippen LogP contribution in [0.25, 0.3) is 11.5 Å². The first-order valence-electron chi connectivity index (χ1n) is 8.80. The lowest BCUT2D eigenvalue weighted by Crippen LogP contribution is -2.10. The number of carbonyl (C=O) groups is 1. The number of rotatable bonds is 6. The quantitative estimate of drug-likeness (QED) is 0.586. The van der Waals surface area contributed by atoms with E-state index in [1.807, 2.05) is 45.0 Å². The van der Waals surface area contributed by atoms with Gasteiger partial charge in [0.2, 0.25) is 5.89 Å². The molecule has 0 spiro atoms. The zero-order valence-electron chi connectivity index (χ0n) is 15.8. The minimum absolute atomic E-state index is 0.0723. The maximum absolute atomic E-state index is 12.3. The highest BCUT2D eigenvalue weighted by atomic mass is 16.6. The standard InChI is InChI=1S/C21H22N2O4/c1-13(2)25-18-11-9-17(10-12-18)21(24)26-15(4)19-22-23-20(27-19)16-7-5-14(3)6-8-16/h5-13,15H,1-4H3/t15-/m0/s1. The number of aryl methyl sites for hydroxylation is 1. The Balaban J connectivity index is 1.65. The number of esters is 1. The molecular formula is C21H22N2O4. The van der Waals surface area contributed by atoms with E-state index < -0.39 is 12.1 Å². The molecule has 0 aliphatic carbocycles. The van der Waals surface area contributed by atoms with Crippen LogP contribution in [0.1, 0.15) is 48.7 Å². The number of hydrogen-bond donors (Lipinski definition) is 0. The van der Waals surface area contributed by atoms with Gasteiger partial charge >= 0.3 is 5.97 Å². The van der Waals surface area contributed by atoms with Crippen LogP contribution >= 0.6 is 0 Å². The Hall–Kier alpha value is -3.15. The number of aromatic nitrogens is 2. The molecule has 3 aromatic rings. The molecule has 0 fully saturated rings. The van der Waals surface area contributed by atoms with Gasteiger partial charge in [0.05, 0.1) is 11.7 Å². The van der Waals surface area contributed by atoms with E-state index in [4.69, 9.17) is 13.9 Å².